The molecule has 0 spiro atoms. The van der Waals surface area contributed by atoms with Gasteiger partial charge in [0, 0.05) is 55.2 Å². The Morgan fingerprint density at radius 3 is 2.29 bits per heavy atom. The first-order valence-electron chi connectivity index (χ1n) is 11.5. The molecule has 0 fully saturated rings. The van der Waals surface area contributed by atoms with Gasteiger partial charge in [0.15, 0.2) is 0 Å². The van der Waals surface area contributed by atoms with E-state index < -0.39 is 0 Å². The lowest BCUT2D eigenvalue weighted by Crippen LogP contribution is -2.21. The molecule has 0 unspecified atom stereocenters. The van der Waals surface area contributed by atoms with Crippen LogP contribution in [0.25, 0.3) is 33.3 Å². The molecule has 0 saturated heterocycles. The lowest BCUT2D eigenvalue weighted by atomic mass is 9.97. The summed E-state index contributed by atoms with van der Waals surface area (Å²) < 4.78 is 0. The molecule has 0 aliphatic rings. The van der Waals surface area contributed by atoms with Crippen molar-refractivity contribution in [2.45, 2.75) is 13.0 Å². The molecule has 0 amide bonds. The largest absolute Gasteiger partial charge is 0.359 e. The smallest absolute Gasteiger partial charge is 0.137 e. The van der Waals surface area contributed by atoms with Crippen molar-refractivity contribution in [3.63, 3.8) is 0 Å². The number of fused-ring (bicyclic) bond motifs is 1. The van der Waals surface area contributed by atoms with Gasteiger partial charge in [-0.25, -0.2) is 9.97 Å². The Morgan fingerprint density at radius 1 is 0.794 bits per heavy atom. The minimum atomic E-state index is 0.526. The van der Waals surface area contributed by atoms with Gasteiger partial charge in [-0.15, -0.1) is 0 Å². The van der Waals surface area contributed by atoms with E-state index in [4.69, 9.17) is 15.7 Å². The fraction of sp³-hybridized carbons (Fsp3) is 0.138. The fourth-order valence-corrected chi connectivity index (χ4v) is 4.19. The summed E-state index contributed by atoms with van der Waals surface area (Å²) in [4.78, 5) is 16.2. The normalized spacial score (nSPS) is 11.0. The van der Waals surface area contributed by atoms with Crippen LogP contribution in [0.2, 0.25) is 0 Å². The molecule has 5 aromatic rings. The Hall–Kier alpha value is -4.09. The van der Waals surface area contributed by atoms with Gasteiger partial charge in [0.1, 0.15) is 5.82 Å². The molecule has 0 aliphatic carbocycles. The van der Waals surface area contributed by atoms with E-state index in [1.165, 1.54) is 5.56 Å². The van der Waals surface area contributed by atoms with Crippen molar-refractivity contribution in [3.05, 3.63) is 109 Å². The van der Waals surface area contributed by atoms with E-state index in [2.05, 4.69) is 83.7 Å². The number of pyridine rings is 3. The molecule has 2 aromatic carbocycles. The summed E-state index contributed by atoms with van der Waals surface area (Å²) in [6.45, 7) is 1.37. The van der Waals surface area contributed by atoms with Crippen LogP contribution in [0.5, 0.6) is 0 Å². The van der Waals surface area contributed by atoms with Crippen molar-refractivity contribution in [3.8, 4) is 22.4 Å². The first-order valence-corrected chi connectivity index (χ1v) is 11.5. The molecule has 0 radical (unpaired) electrons. The first-order chi connectivity index (χ1) is 16.7. The summed E-state index contributed by atoms with van der Waals surface area (Å²) in [6.07, 6.45) is 6.44. The summed E-state index contributed by atoms with van der Waals surface area (Å²) in [5.74, 6) is 0.932. The second-order valence-corrected chi connectivity index (χ2v) is 8.38. The Bertz CT molecular complexity index is 1380. The maximum atomic E-state index is 5.81. The Kier molecular flexibility index (Phi) is 6.27. The van der Waals surface area contributed by atoms with Crippen LogP contribution in [0.4, 0.5) is 5.82 Å². The zero-order chi connectivity index (χ0) is 23.3. The van der Waals surface area contributed by atoms with Gasteiger partial charge in [-0.05, 0) is 47.4 Å². The maximum absolute atomic E-state index is 5.81. The molecular formula is C29H27N5. The van der Waals surface area contributed by atoms with Gasteiger partial charge in [0.05, 0.1) is 11.2 Å². The fourth-order valence-electron chi connectivity index (χ4n) is 4.19. The molecule has 5 heteroatoms. The third-order valence-corrected chi connectivity index (χ3v) is 6.12. The number of likely N-dealkylation sites (N-methyl/N-ethyl adjacent to an activating group) is 1. The highest BCUT2D eigenvalue weighted by atomic mass is 15.2. The number of hydrogen-bond acceptors (Lipinski definition) is 5. The van der Waals surface area contributed by atoms with Gasteiger partial charge in [0.25, 0.3) is 0 Å². The molecule has 0 bridgehead atoms. The van der Waals surface area contributed by atoms with Crippen LogP contribution in [0.15, 0.2) is 97.5 Å². The molecular weight excluding hydrogens is 418 g/mol. The lowest BCUT2D eigenvalue weighted by molar-refractivity contribution is 0.863. The monoisotopic (exact) mass is 445 g/mol. The van der Waals surface area contributed by atoms with Crippen LogP contribution >= 0.6 is 0 Å². The standard InChI is InChI=1S/C29H27N5/c1-34(18-14-21-11-15-31-16-12-21)29-26-19-25(23-5-3-2-4-6-23)28(33-27(26)13-17-32-29)24-9-7-22(20-30)8-10-24/h2-13,15-17,19H,14,18,20,30H2,1H3. The van der Waals surface area contributed by atoms with Crippen molar-refractivity contribution in [1.29, 1.82) is 0 Å². The van der Waals surface area contributed by atoms with E-state index in [1.807, 2.05) is 30.7 Å². The van der Waals surface area contributed by atoms with Crippen LogP contribution in [0.3, 0.4) is 0 Å². The van der Waals surface area contributed by atoms with Crippen molar-refractivity contribution in [2.75, 3.05) is 18.5 Å². The average Bonchev–Trinajstić information content (AvgIpc) is 2.91. The van der Waals surface area contributed by atoms with Gasteiger partial charge in [-0.1, -0.05) is 54.6 Å². The average molecular weight is 446 g/mol. The number of rotatable bonds is 7. The zero-order valence-electron chi connectivity index (χ0n) is 19.2. The van der Waals surface area contributed by atoms with Crippen LogP contribution in [-0.2, 0) is 13.0 Å². The summed E-state index contributed by atoms with van der Waals surface area (Å²) in [6, 6.07) is 27.1. The van der Waals surface area contributed by atoms with Gasteiger partial charge in [-0.2, -0.15) is 0 Å². The number of benzene rings is 2. The minimum Gasteiger partial charge on any atom is -0.359 e. The second kappa shape index (κ2) is 9.81. The van der Waals surface area contributed by atoms with Crippen molar-refractivity contribution in [1.82, 2.24) is 15.0 Å². The van der Waals surface area contributed by atoms with Crippen molar-refractivity contribution < 1.29 is 0 Å². The molecule has 3 aromatic heterocycles. The topological polar surface area (TPSA) is 67.9 Å². The highest BCUT2D eigenvalue weighted by molar-refractivity contribution is 5.97. The SMILES string of the molecule is CN(CCc1ccncc1)c1nccc2nc(-c3ccc(CN)cc3)c(-c3ccccc3)cc12. The van der Waals surface area contributed by atoms with Crippen LogP contribution in [-0.4, -0.2) is 28.5 Å². The number of nitrogens with two attached hydrogens (primary N) is 1. The first kappa shape index (κ1) is 21.7. The predicted octanol–water partition coefficient (Wildman–Crippen LogP) is 5.50. The Labute approximate surface area is 200 Å². The number of nitrogens with zero attached hydrogens (tertiary/aromatic N) is 4. The van der Waals surface area contributed by atoms with Crippen LogP contribution in [0.1, 0.15) is 11.1 Å². The minimum absolute atomic E-state index is 0.526. The van der Waals surface area contributed by atoms with E-state index in [0.29, 0.717) is 6.54 Å². The van der Waals surface area contributed by atoms with Crippen LogP contribution in [0, 0.1) is 0 Å². The van der Waals surface area contributed by atoms with E-state index in [0.717, 1.165) is 57.6 Å². The van der Waals surface area contributed by atoms with E-state index in [-0.39, 0.29) is 0 Å². The Balaban J connectivity index is 1.60. The predicted molar refractivity (Wildman–Crippen MR) is 140 cm³/mol. The van der Waals surface area contributed by atoms with Crippen LogP contribution < -0.4 is 10.6 Å². The second-order valence-electron chi connectivity index (χ2n) is 8.38. The molecule has 5 rings (SSSR count). The molecule has 0 atom stereocenters. The highest BCUT2D eigenvalue weighted by Gasteiger charge is 2.15. The van der Waals surface area contributed by atoms with E-state index >= 15 is 0 Å². The summed E-state index contributed by atoms with van der Waals surface area (Å²) in [5.41, 5.74) is 13.3. The zero-order valence-corrected chi connectivity index (χ0v) is 19.2. The van der Waals surface area contributed by atoms with Crippen molar-refractivity contribution in [2.24, 2.45) is 5.73 Å². The number of aromatic nitrogens is 3. The maximum Gasteiger partial charge on any atom is 0.137 e. The number of anilines is 1. The molecule has 3 heterocycles. The lowest BCUT2D eigenvalue weighted by Gasteiger charge is -2.21. The molecule has 2 N–H and O–H groups in total. The van der Waals surface area contributed by atoms with Gasteiger partial charge in [-0.3, -0.25) is 4.98 Å². The molecule has 34 heavy (non-hydrogen) atoms. The van der Waals surface area contributed by atoms with E-state index in [9.17, 15) is 0 Å². The Morgan fingerprint density at radius 2 is 1.56 bits per heavy atom. The third kappa shape index (κ3) is 4.51. The third-order valence-electron chi connectivity index (χ3n) is 6.12. The molecule has 5 nitrogen and oxygen atoms in total. The summed E-state index contributed by atoms with van der Waals surface area (Å²) >= 11 is 0. The van der Waals surface area contributed by atoms with Gasteiger partial charge < -0.3 is 10.6 Å². The highest BCUT2D eigenvalue weighted by Crippen LogP contribution is 2.35. The molecule has 0 saturated carbocycles. The van der Waals surface area contributed by atoms with Gasteiger partial charge >= 0.3 is 0 Å². The molecule has 0 aliphatic heterocycles. The number of hydrogen-bond donors (Lipinski definition) is 1. The van der Waals surface area contributed by atoms with Crippen molar-refractivity contribution >= 4 is 16.7 Å². The van der Waals surface area contributed by atoms with Gasteiger partial charge in [0.2, 0.25) is 0 Å². The molecule has 168 valence electrons. The van der Waals surface area contributed by atoms with E-state index in [1.54, 1.807) is 0 Å². The summed E-state index contributed by atoms with van der Waals surface area (Å²) in [7, 11) is 2.09. The quantitative estimate of drug-likeness (QED) is 0.358. The summed E-state index contributed by atoms with van der Waals surface area (Å²) in [5, 5.41) is 1.04.